The van der Waals surface area contributed by atoms with E-state index in [0.29, 0.717) is 12.4 Å². The Labute approximate surface area is 125 Å². The molecule has 21 heavy (non-hydrogen) atoms. The second kappa shape index (κ2) is 7.67. The highest BCUT2D eigenvalue weighted by atomic mass is 16.7. The lowest BCUT2D eigenvalue weighted by atomic mass is 10.1. The molecule has 2 N–H and O–H groups in total. The van der Waals surface area contributed by atoms with Gasteiger partial charge in [0.1, 0.15) is 11.5 Å². The molecule has 0 aliphatic rings. The molecule has 0 bridgehead atoms. The van der Waals surface area contributed by atoms with Gasteiger partial charge in [-0.3, -0.25) is 0 Å². The summed E-state index contributed by atoms with van der Waals surface area (Å²) in [6.45, 7) is 2.60. The van der Waals surface area contributed by atoms with Gasteiger partial charge < -0.3 is 19.9 Å². The van der Waals surface area contributed by atoms with E-state index in [1.54, 1.807) is 7.11 Å². The fraction of sp³-hybridized carbons (Fsp3) is 0.294. The molecular formula is C17H21NO3. The number of benzene rings is 2. The fourth-order valence-electron chi connectivity index (χ4n) is 1.98. The summed E-state index contributed by atoms with van der Waals surface area (Å²) < 4.78 is 16.4. The lowest BCUT2D eigenvalue weighted by Crippen LogP contribution is -2.10. The van der Waals surface area contributed by atoms with Crippen molar-refractivity contribution in [2.24, 2.45) is 5.73 Å². The zero-order chi connectivity index (χ0) is 15.1. The van der Waals surface area contributed by atoms with Gasteiger partial charge in [0.25, 0.3) is 0 Å². The molecular weight excluding hydrogens is 266 g/mol. The number of rotatable bonds is 7. The molecule has 0 spiro atoms. The minimum atomic E-state index is -0.111. The fourth-order valence-corrected chi connectivity index (χ4v) is 1.98. The molecule has 0 unspecified atom stereocenters. The van der Waals surface area contributed by atoms with Crippen molar-refractivity contribution in [3.63, 3.8) is 0 Å². The van der Waals surface area contributed by atoms with Crippen LogP contribution in [0.25, 0.3) is 0 Å². The number of methoxy groups -OCH3 is 1. The second-order valence-electron chi connectivity index (χ2n) is 4.79. The molecule has 0 amide bonds. The summed E-state index contributed by atoms with van der Waals surface area (Å²) in [7, 11) is 1.62. The van der Waals surface area contributed by atoms with Crippen LogP contribution in [0.1, 0.15) is 24.1 Å². The van der Waals surface area contributed by atoms with Crippen molar-refractivity contribution >= 4 is 0 Å². The van der Waals surface area contributed by atoms with Gasteiger partial charge in [-0.25, -0.2) is 0 Å². The Hall–Kier alpha value is -2.04. The summed E-state index contributed by atoms with van der Waals surface area (Å²) in [5.74, 6) is 1.43. The molecule has 0 radical (unpaired) electrons. The van der Waals surface area contributed by atoms with E-state index in [0.717, 1.165) is 16.9 Å². The Kier molecular flexibility index (Phi) is 5.60. The Morgan fingerprint density at radius 2 is 1.86 bits per heavy atom. The van der Waals surface area contributed by atoms with E-state index >= 15 is 0 Å². The smallest absolute Gasteiger partial charge is 0.189 e. The van der Waals surface area contributed by atoms with Gasteiger partial charge in [-0.2, -0.15) is 0 Å². The molecule has 0 saturated carbocycles. The quantitative estimate of drug-likeness (QED) is 0.627. The third-order valence-corrected chi connectivity index (χ3v) is 3.12. The Bertz CT molecular complexity index is 555. The molecule has 4 heteroatoms. The predicted molar refractivity (Wildman–Crippen MR) is 82.3 cm³/mol. The topological polar surface area (TPSA) is 53.7 Å². The van der Waals surface area contributed by atoms with Gasteiger partial charge in [0, 0.05) is 17.7 Å². The summed E-state index contributed by atoms with van der Waals surface area (Å²) in [6, 6.07) is 15.5. The molecule has 4 nitrogen and oxygen atoms in total. The highest BCUT2D eigenvalue weighted by Gasteiger charge is 2.09. The van der Waals surface area contributed by atoms with Gasteiger partial charge in [-0.05, 0) is 18.6 Å². The average molecular weight is 287 g/mol. The van der Waals surface area contributed by atoms with E-state index < -0.39 is 0 Å². The van der Waals surface area contributed by atoms with E-state index in [-0.39, 0.29) is 12.8 Å². The molecule has 0 aromatic heterocycles. The molecule has 0 aliphatic heterocycles. The van der Waals surface area contributed by atoms with Crippen molar-refractivity contribution in [3.8, 4) is 11.5 Å². The first-order chi connectivity index (χ1) is 10.2. The maximum Gasteiger partial charge on any atom is 0.189 e. The maximum atomic E-state index is 5.94. The van der Waals surface area contributed by atoms with Gasteiger partial charge >= 0.3 is 0 Å². The van der Waals surface area contributed by atoms with Crippen LogP contribution in [0.4, 0.5) is 0 Å². The first kappa shape index (κ1) is 15.4. The highest BCUT2D eigenvalue weighted by molar-refractivity contribution is 5.42. The van der Waals surface area contributed by atoms with Crippen LogP contribution in [0.5, 0.6) is 11.5 Å². The van der Waals surface area contributed by atoms with Crippen molar-refractivity contribution < 1.29 is 14.2 Å². The van der Waals surface area contributed by atoms with Crippen molar-refractivity contribution in [1.82, 2.24) is 0 Å². The van der Waals surface area contributed by atoms with Crippen LogP contribution in [-0.4, -0.2) is 13.9 Å². The zero-order valence-electron chi connectivity index (χ0n) is 12.4. The molecule has 2 aromatic carbocycles. The van der Waals surface area contributed by atoms with E-state index in [1.807, 2.05) is 55.5 Å². The van der Waals surface area contributed by atoms with Gasteiger partial charge in [0.2, 0.25) is 0 Å². The molecule has 0 fully saturated rings. The van der Waals surface area contributed by atoms with Gasteiger partial charge in [0.05, 0.1) is 13.7 Å². The van der Waals surface area contributed by atoms with Gasteiger partial charge in [-0.1, -0.05) is 36.4 Å². The zero-order valence-corrected chi connectivity index (χ0v) is 12.4. The lowest BCUT2D eigenvalue weighted by molar-refractivity contribution is 0.00432. The molecule has 2 aromatic rings. The van der Waals surface area contributed by atoms with Crippen molar-refractivity contribution in [3.05, 3.63) is 59.7 Å². The van der Waals surface area contributed by atoms with Gasteiger partial charge in [-0.15, -0.1) is 0 Å². The molecule has 0 heterocycles. The van der Waals surface area contributed by atoms with E-state index in [1.165, 1.54) is 0 Å². The predicted octanol–water partition coefficient (Wildman–Crippen LogP) is 3.27. The summed E-state index contributed by atoms with van der Waals surface area (Å²) in [4.78, 5) is 0. The first-order valence-corrected chi connectivity index (χ1v) is 6.88. The minimum absolute atomic E-state index is 0.111. The summed E-state index contributed by atoms with van der Waals surface area (Å²) in [5, 5.41) is 0. The molecule has 1 atom stereocenters. The van der Waals surface area contributed by atoms with Crippen LogP contribution < -0.4 is 15.2 Å². The van der Waals surface area contributed by atoms with E-state index in [2.05, 4.69) is 0 Å². The van der Waals surface area contributed by atoms with Crippen LogP contribution in [0, 0.1) is 0 Å². The molecule has 2 rings (SSSR count). The Balaban J connectivity index is 1.92. The van der Waals surface area contributed by atoms with Gasteiger partial charge in [0.15, 0.2) is 6.79 Å². The van der Waals surface area contributed by atoms with E-state index in [4.69, 9.17) is 19.9 Å². The van der Waals surface area contributed by atoms with Crippen molar-refractivity contribution in [2.45, 2.75) is 19.6 Å². The molecule has 0 aliphatic carbocycles. The standard InChI is InChI=1S/C17H21NO3/c1-13(18)16-9-8-15(19-2)10-17(16)21-12-20-11-14-6-4-3-5-7-14/h3-10,13H,11-12,18H2,1-2H3/t13-/m1/s1. The Morgan fingerprint density at radius 1 is 1.10 bits per heavy atom. The van der Waals surface area contributed by atoms with Crippen LogP contribution in [-0.2, 0) is 11.3 Å². The average Bonchev–Trinajstić information content (AvgIpc) is 2.52. The third-order valence-electron chi connectivity index (χ3n) is 3.12. The van der Waals surface area contributed by atoms with Crippen molar-refractivity contribution in [2.75, 3.05) is 13.9 Å². The number of hydrogen-bond acceptors (Lipinski definition) is 4. The van der Waals surface area contributed by atoms with Crippen LogP contribution >= 0.6 is 0 Å². The first-order valence-electron chi connectivity index (χ1n) is 6.88. The SMILES string of the molecule is COc1ccc([C@@H](C)N)c(OCOCc2ccccc2)c1. The number of hydrogen-bond donors (Lipinski definition) is 1. The minimum Gasteiger partial charge on any atom is -0.497 e. The Morgan fingerprint density at radius 3 is 2.52 bits per heavy atom. The normalized spacial score (nSPS) is 12.0. The van der Waals surface area contributed by atoms with Crippen LogP contribution in [0.2, 0.25) is 0 Å². The maximum absolute atomic E-state index is 5.94. The second-order valence-corrected chi connectivity index (χ2v) is 4.79. The van der Waals surface area contributed by atoms with Crippen molar-refractivity contribution in [1.29, 1.82) is 0 Å². The lowest BCUT2D eigenvalue weighted by Gasteiger charge is -2.15. The molecule has 0 saturated heterocycles. The molecule has 112 valence electrons. The third kappa shape index (κ3) is 4.48. The van der Waals surface area contributed by atoms with E-state index in [9.17, 15) is 0 Å². The van der Waals surface area contributed by atoms with Crippen LogP contribution in [0.15, 0.2) is 48.5 Å². The summed E-state index contributed by atoms with van der Waals surface area (Å²) in [6.07, 6.45) is 0. The number of nitrogens with two attached hydrogens (primary N) is 1. The summed E-state index contributed by atoms with van der Waals surface area (Å²) >= 11 is 0. The largest absolute Gasteiger partial charge is 0.497 e. The summed E-state index contributed by atoms with van der Waals surface area (Å²) in [5.41, 5.74) is 7.98. The van der Waals surface area contributed by atoms with Crippen LogP contribution in [0.3, 0.4) is 0 Å². The monoisotopic (exact) mass is 287 g/mol. The highest BCUT2D eigenvalue weighted by Crippen LogP contribution is 2.28. The number of ether oxygens (including phenoxy) is 3.